The molecule has 1 aromatic carbocycles. The molecule has 0 unspecified atom stereocenters. The molecule has 9 heteroatoms. The van der Waals surface area contributed by atoms with Crippen LogP contribution < -0.4 is 15.5 Å². The zero-order valence-corrected chi connectivity index (χ0v) is 16.3. The second-order valence-electron chi connectivity index (χ2n) is 7.68. The second kappa shape index (κ2) is 7.92. The molecular formula is C20H25N7O2. The summed E-state index contributed by atoms with van der Waals surface area (Å²) in [5.41, 5.74) is 9.64. The molecule has 2 aliphatic rings. The van der Waals surface area contributed by atoms with E-state index in [1.54, 1.807) is 12.4 Å². The number of hydrogen-bond acceptors (Lipinski definition) is 9. The number of rotatable bonds is 4. The summed E-state index contributed by atoms with van der Waals surface area (Å²) in [5, 5.41) is 8.35. The zero-order chi connectivity index (χ0) is 19.6. The molecule has 0 bridgehead atoms. The van der Waals surface area contributed by atoms with Gasteiger partial charge in [0.1, 0.15) is 5.52 Å². The van der Waals surface area contributed by atoms with Crippen LogP contribution in [-0.4, -0.2) is 58.7 Å². The van der Waals surface area contributed by atoms with Gasteiger partial charge in [-0.15, -0.1) is 0 Å². The van der Waals surface area contributed by atoms with Crippen molar-refractivity contribution < 1.29 is 9.37 Å². The third-order valence-electron chi connectivity index (χ3n) is 5.84. The Morgan fingerprint density at radius 2 is 1.76 bits per heavy atom. The predicted molar refractivity (Wildman–Crippen MR) is 109 cm³/mol. The highest BCUT2D eigenvalue weighted by Gasteiger charge is 2.30. The van der Waals surface area contributed by atoms with Crippen molar-refractivity contribution in [1.29, 1.82) is 0 Å². The van der Waals surface area contributed by atoms with E-state index in [1.807, 2.05) is 12.1 Å². The second-order valence-corrected chi connectivity index (χ2v) is 7.68. The number of hydrogen-bond donors (Lipinski definition) is 1. The Kier molecular flexibility index (Phi) is 4.99. The van der Waals surface area contributed by atoms with Crippen LogP contribution in [0, 0.1) is 0 Å². The molecule has 2 N–H and O–H groups in total. The van der Waals surface area contributed by atoms with Crippen LogP contribution in [0.15, 0.2) is 35.2 Å². The van der Waals surface area contributed by atoms with Crippen molar-refractivity contribution in [3.05, 3.63) is 30.6 Å². The van der Waals surface area contributed by atoms with Gasteiger partial charge in [-0.05, 0) is 54.2 Å². The van der Waals surface area contributed by atoms with Gasteiger partial charge in [0.25, 0.3) is 0 Å². The average Bonchev–Trinajstić information content (AvgIpc) is 3.25. The fourth-order valence-electron chi connectivity index (χ4n) is 4.29. The van der Waals surface area contributed by atoms with Gasteiger partial charge in [-0.25, -0.2) is 14.6 Å². The van der Waals surface area contributed by atoms with E-state index in [9.17, 15) is 0 Å². The summed E-state index contributed by atoms with van der Waals surface area (Å²) >= 11 is 0. The largest absolute Gasteiger partial charge is 0.378 e. The van der Waals surface area contributed by atoms with Gasteiger partial charge in [0.05, 0.1) is 18.9 Å². The highest BCUT2D eigenvalue weighted by atomic mass is 16.6. The molecule has 1 aliphatic carbocycles. The minimum Gasteiger partial charge on any atom is -0.378 e. The molecule has 1 saturated carbocycles. The number of morpholine rings is 1. The lowest BCUT2D eigenvalue weighted by atomic mass is 9.90. The monoisotopic (exact) mass is 395 g/mol. The Hall–Kier alpha value is -2.78. The highest BCUT2D eigenvalue weighted by Crippen LogP contribution is 2.38. The zero-order valence-electron chi connectivity index (χ0n) is 16.3. The molecule has 2 aromatic heterocycles. The van der Waals surface area contributed by atoms with Crippen molar-refractivity contribution in [2.75, 3.05) is 36.1 Å². The van der Waals surface area contributed by atoms with E-state index in [1.165, 1.54) is 0 Å². The first-order chi connectivity index (χ1) is 14.3. The van der Waals surface area contributed by atoms with Crippen LogP contribution in [0.3, 0.4) is 0 Å². The van der Waals surface area contributed by atoms with Crippen molar-refractivity contribution >= 4 is 28.4 Å². The maximum Gasteiger partial charge on any atom is 0.230 e. The summed E-state index contributed by atoms with van der Waals surface area (Å²) in [6, 6.07) is 6.52. The van der Waals surface area contributed by atoms with E-state index in [-0.39, 0.29) is 12.1 Å². The lowest BCUT2D eigenvalue weighted by Crippen LogP contribution is -2.39. The number of nitrogens with zero attached hydrogens (tertiary/aromatic N) is 6. The van der Waals surface area contributed by atoms with Crippen molar-refractivity contribution in [2.24, 2.45) is 5.73 Å². The Morgan fingerprint density at radius 1 is 1.00 bits per heavy atom. The lowest BCUT2D eigenvalue weighted by Gasteiger charge is -2.36. The van der Waals surface area contributed by atoms with E-state index in [0.717, 1.165) is 74.4 Å². The van der Waals surface area contributed by atoms with Gasteiger partial charge in [-0.3, -0.25) is 0 Å². The Balaban J connectivity index is 1.61. The van der Waals surface area contributed by atoms with Crippen LogP contribution in [0.2, 0.25) is 0 Å². The van der Waals surface area contributed by atoms with Crippen LogP contribution in [0.5, 0.6) is 0 Å². The minimum absolute atomic E-state index is 0.247. The van der Waals surface area contributed by atoms with Crippen LogP contribution in [-0.2, 0) is 4.74 Å². The Labute approximate surface area is 168 Å². The van der Waals surface area contributed by atoms with E-state index in [4.69, 9.17) is 15.1 Å². The molecule has 1 saturated heterocycles. The van der Waals surface area contributed by atoms with Crippen LogP contribution in [0.4, 0.5) is 17.3 Å². The first-order valence-corrected chi connectivity index (χ1v) is 10.2. The van der Waals surface area contributed by atoms with Crippen molar-refractivity contribution in [3.63, 3.8) is 0 Å². The molecule has 5 rings (SSSR count). The Morgan fingerprint density at radius 3 is 2.52 bits per heavy atom. The molecule has 1 aliphatic heterocycles. The molecule has 0 atom stereocenters. The maximum absolute atomic E-state index is 6.16. The maximum atomic E-state index is 6.16. The summed E-state index contributed by atoms with van der Waals surface area (Å²) in [6.45, 7) is 3.12. The number of ether oxygens (including phenoxy) is 1. The number of fused-ring (bicyclic) bond motifs is 1. The lowest BCUT2D eigenvalue weighted by molar-refractivity contribution is 0.122. The average molecular weight is 395 g/mol. The number of aromatic nitrogens is 4. The van der Waals surface area contributed by atoms with E-state index >= 15 is 0 Å². The fraction of sp³-hybridized carbons (Fsp3) is 0.500. The molecule has 9 nitrogen and oxygen atoms in total. The number of nitrogens with two attached hydrogens (primary N) is 1. The number of benzene rings is 1. The van der Waals surface area contributed by atoms with Gasteiger partial charge in [-0.2, -0.15) is 0 Å². The molecule has 152 valence electrons. The fourth-order valence-corrected chi connectivity index (χ4v) is 4.29. The van der Waals surface area contributed by atoms with Crippen molar-refractivity contribution in [2.45, 2.75) is 37.8 Å². The van der Waals surface area contributed by atoms with Crippen molar-refractivity contribution in [3.8, 4) is 0 Å². The summed E-state index contributed by atoms with van der Waals surface area (Å²) < 4.78 is 10.6. The normalized spacial score (nSPS) is 22.7. The van der Waals surface area contributed by atoms with E-state index < -0.39 is 0 Å². The van der Waals surface area contributed by atoms with Crippen LogP contribution in [0.25, 0.3) is 11.0 Å². The van der Waals surface area contributed by atoms with Crippen molar-refractivity contribution in [1.82, 2.24) is 20.3 Å². The third kappa shape index (κ3) is 3.63. The predicted octanol–water partition coefficient (Wildman–Crippen LogP) is 2.26. The summed E-state index contributed by atoms with van der Waals surface area (Å²) in [6.07, 6.45) is 7.47. The topological polar surface area (TPSA) is 106 Å². The summed E-state index contributed by atoms with van der Waals surface area (Å²) in [5.74, 6) is 0.663. The summed E-state index contributed by atoms with van der Waals surface area (Å²) in [7, 11) is 0. The van der Waals surface area contributed by atoms with Crippen LogP contribution >= 0.6 is 0 Å². The molecule has 3 aromatic rings. The first kappa shape index (κ1) is 18.3. The van der Waals surface area contributed by atoms with Gasteiger partial charge in [-0.1, -0.05) is 0 Å². The summed E-state index contributed by atoms with van der Waals surface area (Å²) in [4.78, 5) is 13.6. The van der Waals surface area contributed by atoms with Gasteiger partial charge in [0.15, 0.2) is 5.52 Å². The third-order valence-corrected chi connectivity index (χ3v) is 5.84. The van der Waals surface area contributed by atoms with Crippen LogP contribution in [0.1, 0.15) is 25.7 Å². The molecule has 0 amide bonds. The van der Waals surface area contributed by atoms with E-state index in [0.29, 0.717) is 5.95 Å². The quantitative estimate of drug-likeness (QED) is 0.712. The smallest absolute Gasteiger partial charge is 0.230 e. The van der Waals surface area contributed by atoms with E-state index in [2.05, 4.69) is 36.1 Å². The molecule has 2 fully saturated rings. The SMILES string of the molecule is N[C@H]1CC[C@@H](N(c2ncccn2)c2cc(N3CCOCC3)cc3nonc23)CC1. The first-order valence-electron chi connectivity index (χ1n) is 10.2. The van der Waals surface area contributed by atoms with Gasteiger partial charge < -0.3 is 20.3 Å². The standard InChI is InChI=1S/C20H25N7O2/c21-14-2-4-15(5-3-14)27(20-22-6-1-7-23-20)18-13-16(26-8-10-28-11-9-26)12-17-19(18)25-29-24-17/h1,6-7,12-15H,2-5,8-11,21H2/t14-,15+. The minimum atomic E-state index is 0.247. The highest BCUT2D eigenvalue weighted by molar-refractivity contribution is 5.93. The molecule has 0 spiro atoms. The van der Waals surface area contributed by atoms with Gasteiger partial charge in [0, 0.05) is 43.3 Å². The Bertz CT molecular complexity index is 950. The number of anilines is 3. The van der Waals surface area contributed by atoms with Gasteiger partial charge in [0.2, 0.25) is 5.95 Å². The molecule has 3 heterocycles. The molecular weight excluding hydrogens is 370 g/mol. The van der Waals surface area contributed by atoms with Gasteiger partial charge >= 0.3 is 0 Å². The molecule has 0 radical (unpaired) electrons. The molecule has 29 heavy (non-hydrogen) atoms.